The summed E-state index contributed by atoms with van der Waals surface area (Å²) < 4.78 is 5.67. The minimum absolute atomic E-state index is 0.0837. The number of amides is 2. The number of anilines is 1. The lowest BCUT2D eigenvalue weighted by atomic mass is 9.86. The van der Waals surface area contributed by atoms with Crippen LogP contribution >= 0.6 is 23.3 Å². The third-order valence-electron chi connectivity index (χ3n) is 5.00. The van der Waals surface area contributed by atoms with E-state index in [2.05, 4.69) is 19.8 Å². The number of hydrogen-bond donors (Lipinski definition) is 4. The Bertz CT molecular complexity index is 1180. The number of nitrogens with zero attached hydrogens (tertiary/aromatic N) is 5. The van der Waals surface area contributed by atoms with Gasteiger partial charge in [0, 0.05) is 22.5 Å². The molecular formula is C18H18N7O5S2+. The van der Waals surface area contributed by atoms with Gasteiger partial charge in [-0.15, -0.1) is 0 Å². The predicted octanol–water partition coefficient (Wildman–Crippen LogP) is -0.299. The highest BCUT2D eigenvalue weighted by Crippen LogP contribution is 2.42. The number of oxime groups is 1. The van der Waals surface area contributed by atoms with Crippen LogP contribution in [0.5, 0.6) is 0 Å². The van der Waals surface area contributed by atoms with Crippen LogP contribution in [0.4, 0.5) is 5.13 Å². The number of allylic oxidation sites excluding steroid dienone is 1. The van der Waals surface area contributed by atoms with Crippen LogP contribution in [0.1, 0.15) is 18.7 Å². The van der Waals surface area contributed by atoms with Crippen molar-refractivity contribution in [3.63, 3.8) is 0 Å². The number of β-lactam (4-membered cyclic amide) rings is 1. The van der Waals surface area contributed by atoms with Gasteiger partial charge in [0.15, 0.2) is 17.5 Å². The summed E-state index contributed by atoms with van der Waals surface area (Å²) in [5.41, 5.74) is 4.92. The molecule has 4 heterocycles. The van der Waals surface area contributed by atoms with Crippen molar-refractivity contribution in [3.05, 3.63) is 41.0 Å². The Balaban J connectivity index is 1.53. The molecule has 0 bridgehead atoms. The zero-order chi connectivity index (χ0) is 23.0. The van der Waals surface area contributed by atoms with Gasteiger partial charge in [0.2, 0.25) is 11.5 Å². The van der Waals surface area contributed by atoms with Crippen LogP contribution in [-0.2, 0) is 21.4 Å². The minimum atomic E-state index is -1.21. The van der Waals surface area contributed by atoms with E-state index in [1.807, 2.05) is 36.1 Å². The molecular weight excluding hydrogens is 458 g/mol. The number of aliphatic carboxylic acids is 1. The van der Waals surface area contributed by atoms with E-state index in [4.69, 9.17) is 5.73 Å². The summed E-state index contributed by atoms with van der Waals surface area (Å²) in [5.74, 6) is -2.79. The van der Waals surface area contributed by atoms with Gasteiger partial charge in [-0.2, -0.15) is 9.36 Å². The summed E-state index contributed by atoms with van der Waals surface area (Å²) >= 11 is 2.12. The third kappa shape index (κ3) is 3.89. The number of nitrogen functional groups attached to an aromatic ring is 1. The lowest BCUT2D eigenvalue weighted by molar-refractivity contribution is -0.673. The maximum atomic E-state index is 12.8. The van der Waals surface area contributed by atoms with Crippen molar-refractivity contribution in [1.29, 1.82) is 0 Å². The normalized spacial score (nSPS) is 20.6. The number of fused-ring (bicyclic) bond motifs is 1. The molecule has 2 aliphatic heterocycles. The molecule has 1 fully saturated rings. The molecule has 0 saturated carbocycles. The van der Waals surface area contributed by atoms with E-state index < -0.39 is 35.6 Å². The molecule has 1 unspecified atom stereocenters. The number of nitrogens with one attached hydrogen (secondary N) is 1. The topological polar surface area (TPSA) is 175 Å². The Kier molecular flexibility index (Phi) is 5.80. The van der Waals surface area contributed by atoms with Gasteiger partial charge in [-0.3, -0.25) is 14.5 Å². The molecule has 2 atom stereocenters. The minimum Gasteiger partial charge on any atom is -0.477 e. The van der Waals surface area contributed by atoms with Crippen LogP contribution in [0.25, 0.3) is 0 Å². The van der Waals surface area contributed by atoms with Gasteiger partial charge in [-0.25, -0.2) is 9.36 Å². The van der Waals surface area contributed by atoms with Crippen molar-refractivity contribution in [2.45, 2.75) is 29.8 Å². The highest BCUT2D eigenvalue weighted by Gasteiger charge is 2.54. The number of pyridine rings is 1. The number of aromatic nitrogens is 3. The van der Waals surface area contributed by atoms with E-state index in [1.54, 1.807) is 0 Å². The number of carbonyl (C=O) groups is 3. The first kappa shape index (κ1) is 21.7. The molecule has 1 saturated heterocycles. The smallest absolute Gasteiger partial charge is 0.353 e. The Labute approximate surface area is 189 Å². The molecule has 5 N–H and O–H groups in total. The van der Waals surface area contributed by atoms with E-state index in [-0.39, 0.29) is 16.7 Å². The lowest BCUT2D eigenvalue weighted by Crippen LogP contribution is -2.72. The molecule has 2 aromatic rings. The Morgan fingerprint density at radius 3 is 2.88 bits per heavy atom. The summed E-state index contributed by atoms with van der Waals surface area (Å²) in [6.45, 7) is 0. The van der Waals surface area contributed by atoms with Crippen LogP contribution in [0.2, 0.25) is 0 Å². The molecule has 4 rings (SSSR count). The zero-order valence-corrected chi connectivity index (χ0v) is 18.3. The van der Waals surface area contributed by atoms with Crippen molar-refractivity contribution >= 4 is 51.9 Å². The van der Waals surface area contributed by atoms with Gasteiger partial charge in [-0.05, 0) is 18.9 Å². The molecule has 14 heteroatoms. The van der Waals surface area contributed by atoms with Crippen LogP contribution in [0, 0.1) is 0 Å². The van der Waals surface area contributed by atoms with E-state index in [1.165, 1.54) is 16.7 Å². The fourth-order valence-corrected chi connectivity index (χ4v) is 5.21. The molecule has 32 heavy (non-hydrogen) atoms. The number of rotatable bonds is 6. The summed E-state index contributed by atoms with van der Waals surface area (Å²) in [5, 5.41) is 24.5. The highest BCUT2D eigenvalue weighted by molar-refractivity contribution is 8.03. The van der Waals surface area contributed by atoms with E-state index in [0.29, 0.717) is 17.7 Å². The number of aryl methyl sites for hydroxylation is 1. The molecule has 166 valence electrons. The Morgan fingerprint density at radius 1 is 1.47 bits per heavy atom. The molecule has 2 aliphatic rings. The maximum absolute atomic E-state index is 12.8. The molecule has 2 amide bonds. The highest BCUT2D eigenvalue weighted by atomic mass is 32.2. The number of carbonyl (C=O) groups excluding carboxylic acids is 2. The lowest BCUT2D eigenvalue weighted by Gasteiger charge is -2.50. The Morgan fingerprint density at radius 2 is 2.25 bits per heavy atom. The molecule has 0 radical (unpaired) electrons. The molecule has 2 aromatic heterocycles. The summed E-state index contributed by atoms with van der Waals surface area (Å²) in [6.07, 6.45) is 4.61. The first-order valence-corrected chi connectivity index (χ1v) is 10.9. The second-order valence-corrected chi connectivity index (χ2v) is 9.01. The number of thioether (sulfide) groups is 1. The van der Waals surface area contributed by atoms with Crippen LogP contribution in [0.15, 0.2) is 45.2 Å². The van der Waals surface area contributed by atoms with E-state index >= 15 is 0 Å². The van der Waals surface area contributed by atoms with Crippen LogP contribution in [0.3, 0.4) is 0 Å². The van der Waals surface area contributed by atoms with Crippen LogP contribution < -0.4 is 15.6 Å². The predicted molar refractivity (Wildman–Crippen MR) is 113 cm³/mol. The fourth-order valence-electron chi connectivity index (χ4n) is 3.62. The van der Waals surface area contributed by atoms with Gasteiger partial charge >= 0.3 is 5.97 Å². The van der Waals surface area contributed by atoms with Gasteiger partial charge in [0.05, 0.1) is 10.9 Å². The van der Waals surface area contributed by atoms with E-state index in [0.717, 1.165) is 16.4 Å². The van der Waals surface area contributed by atoms with Gasteiger partial charge in [0.1, 0.15) is 18.8 Å². The Hall–Kier alpha value is -3.52. The van der Waals surface area contributed by atoms with Crippen molar-refractivity contribution < 1.29 is 29.3 Å². The SMILES string of the molecule is C[n+]1cccc(SC2=C(C(=O)O)N3C(=O)[C@@H](NC(=O)/C(=N\O)c4nsc(N)n4)C3CC2)c1. The molecule has 0 aromatic carbocycles. The third-order valence-corrected chi connectivity index (χ3v) is 6.67. The second-order valence-electron chi connectivity index (χ2n) is 7.05. The van der Waals surface area contributed by atoms with Crippen molar-refractivity contribution in [1.82, 2.24) is 19.6 Å². The number of hydrogen-bond acceptors (Lipinski definition) is 10. The second kappa shape index (κ2) is 8.55. The largest absolute Gasteiger partial charge is 0.477 e. The van der Waals surface area contributed by atoms with Gasteiger partial charge in [0.25, 0.3) is 11.8 Å². The molecule has 0 aliphatic carbocycles. The monoisotopic (exact) mass is 476 g/mol. The summed E-state index contributed by atoms with van der Waals surface area (Å²) in [7, 11) is 1.86. The zero-order valence-electron chi connectivity index (χ0n) is 16.6. The number of nitrogens with two attached hydrogens (primary N) is 1. The van der Waals surface area contributed by atoms with Crippen molar-refractivity contribution in [3.8, 4) is 0 Å². The van der Waals surface area contributed by atoms with Gasteiger partial charge in [-0.1, -0.05) is 16.9 Å². The van der Waals surface area contributed by atoms with E-state index in [9.17, 15) is 24.7 Å². The van der Waals surface area contributed by atoms with Crippen molar-refractivity contribution in [2.75, 3.05) is 5.73 Å². The summed E-state index contributed by atoms with van der Waals surface area (Å²) in [6, 6.07) is 2.23. The number of carboxylic acid groups (broad SMARTS) is 1. The van der Waals surface area contributed by atoms with Crippen molar-refractivity contribution in [2.24, 2.45) is 12.2 Å². The maximum Gasteiger partial charge on any atom is 0.353 e. The van der Waals surface area contributed by atoms with Crippen LogP contribution in [-0.4, -0.2) is 60.2 Å². The standard InChI is InChI=1S/C18H17N7O5S2/c1-24-6-2-3-8(7-24)31-10-5-4-9-11(16(27)25(9)13(10)17(28)29)20-15(26)12(22-30)14-21-18(19)32-23-14/h2-3,6-7,9,11H,4-5H2,1H3,(H4-,19,20,21,23,26,28,29,30)/p+1/t9?,11-/m0/s1. The first-order valence-electron chi connectivity index (χ1n) is 9.35. The quantitative estimate of drug-likeness (QED) is 0.143. The van der Waals surface area contributed by atoms with Gasteiger partial charge < -0.3 is 21.4 Å². The fraction of sp³-hybridized carbons (Fsp3) is 0.278. The molecule has 12 nitrogen and oxygen atoms in total. The average Bonchev–Trinajstić information content (AvgIpc) is 3.17. The first-order chi connectivity index (χ1) is 15.3. The number of carboxylic acids is 1. The molecule has 0 spiro atoms. The summed E-state index contributed by atoms with van der Waals surface area (Å²) in [4.78, 5) is 43.7. The average molecular weight is 477 g/mol.